The molecule has 4 heteroatoms. The first kappa shape index (κ1) is 15.8. The Kier molecular flexibility index (Phi) is 7.98. The van der Waals surface area contributed by atoms with Gasteiger partial charge >= 0.3 is 5.97 Å². The third kappa shape index (κ3) is 7.67. The van der Waals surface area contributed by atoms with Crippen molar-refractivity contribution in [3.8, 4) is 0 Å². The van der Waals surface area contributed by atoms with Crippen molar-refractivity contribution in [2.24, 2.45) is 0 Å². The molecule has 19 heavy (non-hydrogen) atoms. The number of hydrogen-bond acceptors (Lipinski definition) is 4. The summed E-state index contributed by atoms with van der Waals surface area (Å²) in [5, 5.41) is 0. The lowest BCUT2D eigenvalue weighted by Crippen LogP contribution is -2.07. The first-order valence-corrected chi connectivity index (χ1v) is 7.56. The molecular formula is C15H20O3S. The van der Waals surface area contributed by atoms with Gasteiger partial charge in [-0.1, -0.05) is 18.2 Å². The second kappa shape index (κ2) is 9.62. The van der Waals surface area contributed by atoms with Gasteiger partial charge in [-0.15, -0.1) is 11.8 Å². The molecule has 0 aliphatic heterocycles. The minimum absolute atomic E-state index is 0.140. The Labute approximate surface area is 118 Å². The number of hydrogen-bond donors (Lipinski definition) is 0. The summed E-state index contributed by atoms with van der Waals surface area (Å²) in [5.41, 5.74) is 0. The fraction of sp³-hybridized carbons (Fsp3) is 0.467. The first-order valence-electron chi connectivity index (χ1n) is 6.57. The van der Waals surface area contributed by atoms with E-state index in [-0.39, 0.29) is 18.2 Å². The lowest BCUT2D eigenvalue weighted by molar-refractivity contribution is -0.144. The van der Waals surface area contributed by atoms with Gasteiger partial charge in [-0.25, -0.2) is 0 Å². The molecule has 1 rings (SSSR count). The third-order valence-electron chi connectivity index (χ3n) is 2.53. The second-order valence-electron chi connectivity index (χ2n) is 4.11. The van der Waals surface area contributed by atoms with Crippen molar-refractivity contribution in [3.63, 3.8) is 0 Å². The number of rotatable bonds is 9. The quantitative estimate of drug-likeness (QED) is 0.394. The van der Waals surface area contributed by atoms with E-state index in [1.165, 1.54) is 4.90 Å². The normalized spacial score (nSPS) is 10.2. The molecule has 0 saturated carbocycles. The molecule has 104 valence electrons. The van der Waals surface area contributed by atoms with Gasteiger partial charge in [-0.05, 0) is 31.2 Å². The predicted molar refractivity (Wildman–Crippen MR) is 77.3 cm³/mol. The number of ketones is 1. The maximum atomic E-state index is 11.5. The molecule has 0 aliphatic rings. The van der Waals surface area contributed by atoms with Crippen LogP contribution in [0.1, 0.15) is 32.6 Å². The Morgan fingerprint density at radius 3 is 2.53 bits per heavy atom. The summed E-state index contributed by atoms with van der Waals surface area (Å²) in [6, 6.07) is 10.1. The summed E-state index contributed by atoms with van der Waals surface area (Å²) in [7, 11) is 0. The number of Topliss-reactive ketones (excluding diaryl/α,β-unsaturated/α-hetero) is 1. The molecule has 0 fully saturated rings. The smallest absolute Gasteiger partial charge is 0.306 e. The van der Waals surface area contributed by atoms with Gasteiger partial charge in [0.15, 0.2) is 0 Å². The summed E-state index contributed by atoms with van der Waals surface area (Å²) in [5.74, 6) is 0.783. The molecule has 3 nitrogen and oxygen atoms in total. The molecule has 0 heterocycles. The van der Waals surface area contributed by atoms with Gasteiger partial charge in [-0.2, -0.15) is 0 Å². The summed E-state index contributed by atoms with van der Waals surface area (Å²) in [4.78, 5) is 23.9. The highest BCUT2D eigenvalue weighted by Gasteiger charge is 2.07. The number of thioether (sulfide) groups is 1. The predicted octanol–water partition coefficient (Wildman–Crippen LogP) is 3.47. The van der Waals surface area contributed by atoms with E-state index < -0.39 is 0 Å². The molecule has 1 aromatic rings. The van der Waals surface area contributed by atoms with Crippen molar-refractivity contribution in [1.29, 1.82) is 0 Å². The van der Waals surface area contributed by atoms with Crippen LogP contribution in [0, 0.1) is 0 Å². The molecule has 0 aromatic heterocycles. The van der Waals surface area contributed by atoms with Gasteiger partial charge in [0.05, 0.1) is 13.0 Å². The van der Waals surface area contributed by atoms with Crippen LogP contribution < -0.4 is 0 Å². The van der Waals surface area contributed by atoms with Crippen molar-refractivity contribution < 1.29 is 14.3 Å². The van der Waals surface area contributed by atoms with Crippen LogP contribution in [-0.4, -0.2) is 24.1 Å². The largest absolute Gasteiger partial charge is 0.466 e. The Hall–Kier alpha value is -1.29. The topological polar surface area (TPSA) is 43.4 Å². The molecule has 0 N–H and O–H groups in total. The van der Waals surface area contributed by atoms with Crippen molar-refractivity contribution in [3.05, 3.63) is 30.3 Å². The Bertz CT molecular complexity index is 390. The van der Waals surface area contributed by atoms with Crippen molar-refractivity contribution >= 4 is 23.5 Å². The minimum atomic E-state index is -0.283. The summed E-state index contributed by atoms with van der Waals surface area (Å²) < 4.78 is 4.78. The van der Waals surface area contributed by atoms with E-state index in [1.54, 1.807) is 18.7 Å². The monoisotopic (exact) mass is 280 g/mol. The molecule has 0 bridgehead atoms. The SMILES string of the molecule is CCOC(=O)CCC(=O)CCCSc1ccccc1. The van der Waals surface area contributed by atoms with E-state index in [0.717, 1.165) is 12.2 Å². The maximum absolute atomic E-state index is 11.5. The number of carbonyl (C=O) groups is 2. The summed E-state index contributed by atoms with van der Waals surface area (Å²) in [6.07, 6.45) is 1.90. The average Bonchev–Trinajstić information content (AvgIpc) is 2.43. The summed E-state index contributed by atoms with van der Waals surface area (Å²) >= 11 is 1.75. The standard InChI is InChI=1S/C15H20O3S/c1-2-18-15(17)11-10-13(16)7-6-12-19-14-8-4-3-5-9-14/h3-5,8-9H,2,6-7,10-12H2,1H3. The van der Waals surface area contributed by atoms with Crippen LogP contribution in [0.5, 0.6) is 0 Å². The number of esters is 1. The molecule has 1 aromatic carbocycles. The molecular weight excluding hydrogens is 260 g/mol. The lowest BCUT2D eigenvalue weighted by atomic mass is 10.1. The van der Waals surface area contributed by atoms with Crippen LogP contribution in [0.25, 0.3) is 0 Å². The first-order chi connectivity index (χ1) is 9.22. The van der Waals surface area contributed by atoms with Crippen LogP contribution in [-0.2, 0) is 14.3 Å². The molecule has 0 amide bonds. The molecule has 0 unspecified atom stereocenters. The fourth-order valence-electron chi connectivity index (χ4n) is 1.58. The van der Waals surface area contributed by atoms with Gasteiger partial charge in [0.2, 0.25) is 0 Å². The molecule has 0 atom stereocenters. The van der Waals surface area contributed by atoms with Crippen molar-refractivity contribution in [2.75, 3.05) is 12.4 Å². The van der Waals surface area contributed by atoms with E-state index in [1.807, 2.05) is 18.2 Å². The Morgan fingerprint density at radius 2 is 1.84 bits per heavy atom. The number of ether oxygens (including phenoxy) is 1. The summed E-state index contributed by atoms with van der Waals surface area (Å²) in [6.45, 7) is 2.14. The Morgan fingerprint density at radius 1 is 1.11 bits per heavy atom. The number of carbonyl (C=O) groups excluding carboxylic acids is 2. The maximum Gasteiger partial charge on any atom is 0.306 e. The van der Waals surface area contributed by atoms with E-state index in [0.29, 0.717) is 19.4 Å². The van der Waals surface area contributed by atoms with Crippen LogP contribution >= 0.6 is 11.8 Å². The molecule has 0 radical (unpaired) electrons. The van der Waals surface area contributed by atoms with Crippen LogP contribution in [0.4, 0.5) is 0 Å². The zero-order valence-corrected chi connectivity index (χ0v) is 12.1. The average molecular weight is 280 g/mol. The van der Waals surface area contributed by atoms with Gasteiger partial charge in [0, 0.05) is 17.7 Å². The number of benzene rings is 1. The lowest BCUT2D eigenvalue weighted by Gasteiger charge is -2.02. The molecule has 0 spiro atoms. The van der Waals surface area contributed by atoms with Crippen LogP contribution in [0.2, 0.25) is 0 Å². The second-order valence-corrected chi connectivity index (χ2v) is 5.28. The minimum Gasteiger partial charge on any atom is -0.466 e. The van der Waals surface area contributed by atoms with E-state index in [4.69, 9.17) is 4.74 Å². The van der Waals surface area contributed by atoms with Gasteiger partial charge < -0.3 is 4.74 Å². The van der Waals surface area contributed by atoms with Gasteiger partial charge in [0.1, 0.15) is 5.78 Å². The molecule has 0 saturated heterocycles. The van der Waals surface area contributed by atoms with E-state index in [9.17, 15) is 9.59 Å². The van der Waals surface area contributed by atoms with Crippen LogP contribution in [0.3, 0.4) is 0 Å². The van der Waals surface area contributed by atoms with Gasteiger partial charge in [0.25, 0.3) is 0 Å². The third-order valence-corrected chi connectivity index (χ3v) is 3.62. The fourth-order valence-corrected chi connectivity index (χ4v) is 2.45. The van der Waals surface area contributed by atoms with Gasteiger partial charge in [-0.3, -0.25) is 9.59 Å². The van der Waals surface area contributed by atoms with E-state index >= 15 is 0 Å². The van der Waals surface area contributed by atoms with Crippen molar-refractivity contribution in [2.45, 2.75) is 37.5 Å². The highest BCUT2D eigenvalue weighted by atomic mass is 32.2. The highest BCUT2D eigenvalue weighted by molar-refractivity contribution is 7.99. The highest BCUT2D eigenvalue weighted by Crippen LogP contribution is 2.18. The molecule has 0 aliphatic carbocycles. The van der Waals surface area contributed by atoms with E-state index in [2.05, 4.69) is 12.1 Å². The van der Waals surface area contributed by atoms with Crippen molar-refractivity contribution in [1.82, 2.24) is 0 Å². The van der Waals surface area contributed by atoms with Crippen LogP contribution in [0.15, 0.2) is 35.2 Å². The Balaban J connectivity index is 2.06. The zero-order chi connectivity index (χ0) is 13.9. The zero-order valence-electron chi connectivity index (χ0n) is 11.3.